The van der Waals surface area contributed by atoms with Gasteiger partial charge >= 0.3 is 6.36 Å². The summed E-state index contributed by atoms with van der Waals surface area (Å²) in [5.41, 5.74) is 1.40. The van der Waals surface area contributed by atoms with Crippen LogP contribution in [0.1, 0.15) is 12.8 Å². The Bertz CT molecular complexity index is 1070. The Hall–Kier alpha value is -2.71. The third-order valence-corrected chi connectivity index (χ3v) is 5.03. The smallest absolute Gasteiger partial charge is 0.406 e. The molecule has 1 aliphatic rings. The van der Waals surface area contributed by atoms with Crippen LogP contribution in [0.5, 0.6) is 5.75 Å². The topological polar surface area (TPSA) is 59.1 Å². The van der Waals surface area contributed by atoms with Gasteiger partial charge in [0.2, 0.25) is 5.95 Å². The van der Waals surface area contributed by atoms with E-state index in [9.17, 15) is 13.2 Å². The molecule has 0 unspecified atom stereocenters. The highest BCUT2D eigenvalue weighted by Gasteiger charge is 2.31. The number of nitrogens with zero attached hydrogens (tertiary/aromatic N) is 2. The largest absolute Gasteiger partial charge is 0.573 e. The predicted octanol–water partition coefficient (Wildman–Crippen LogP) is 6.67. The molecule has 10 heteroatoms. The zero-order valence-corrected chi connectivity index (χ0v) is 16.8. The van der Waals surface area contributed by atoms with E-state index < -0.39 is 6.36 Å². The monoisotopic (exact) mass is 454 g/mol. The quantitative estimate of drug-likeness (QED) is 0.435. The van der Waals surface area contributed by atoms with Gasteiger partial charge in [-0.1, -0.05) is 41.4 Å². The van der Waals surface area contributed by atoms with Crippen molar-refractivity contribution in [2.24, 2.45) is 0 Å². The maximum atomic E-state index is 12.6. The van der Waals surface area contributed by atoms with Gasteiger partial charge in [-0.2, -0.15) is 4.98 Å². The molecular weight excluding hydrogens is 440 g/mol. The third kappa shape index (κ3) is 5.25. The van der Waals surface area contributed by atoms with Crippen molar-refractivity contribution in [3.8, 4) is 17.0 Å². The lowest BCUT2D eigenvalue weighted by Gasteiger charge is -2.13. The van der Waals surface area contributed by atoms with Gasteiger partial charge in [0.25, 0.3) is 0 Å². The summed E-state index contributed by atoms with van der Waals surface area (Å²) in [6.45, 7) is 0. The molecule has 0 bridgehead atoms. The summed E-state index contributed by atoms with van der Waals surface area (Å²) in [6.07, 6.45) is -2.77. The Morgan fingerprint density at radius 3 is 2.50 bits per heavy atom. The van der Waals surface area contributed by atoms with E-state index in [1.165, 1.54) is 18.2 Å². The highest BCUT2D eigenvalue weighted by Crippen LogP contribution is 2.34. The van der Waals surface area contributed by atoms with Crippen LogP contribution in [0.2, 0.25) is 10.0 Å². The molecule has 5 nitrogen and oxygen atoms in total. The Kier molecular flexibility index (Phi) is 5.62. The summed E-state index contributed by atoms with van der Waals surface area (Å²) in [6, 6.07) is 12.6. The van der Waals surface area contributed by atoms with Crippen molar-refractivity contribution in [3.05, 3.63) is 58.6 Å². The molecule has 0 aliphatic heterocycles. The van der Waals surface area contributed by atoms with Gasteiger partial charge in [-0.25, -0.2) is 4.98 Å². The lowest BCUT2D eigenvalue weighted by atomic mass is 10.1. The first-order valence-electron chi connectivity index (χ1n) is 9.00. The number of hydrogen-bond donors (Lipinski definition) is 2. The lowest BCUT2D eigenvalue weighted by molar-refractivity contribution is -0.274. The molecule has 0 atom stereocenters. The van der Waals surface area contributed by atoms with Crippen molar-refractivity contribution in [1.82, 2.24) is 9.97 Å². The highest BCUT2D eigenvalue weighted by atomic mass is 35.5. The second kappa shape index (κ2) is 8.20. The van der Waals surface area contributed by atoms with Crippen molar-refractivity contribution in [2.45, 2.75) is 25.2 Å². The van der Waals surface area contributed by atoms with E-state index in [1.54, 1.807) is 30.3 Å². The number of ether oxygens (including phenoxy) is 1. The molecule has 0 radical (unpaired) electrons. The van der Waals surface area contributed by atoms with Crippen molar-refractivity contribution in [1.29, 1.82) is 0 Å². The molecule has 0 saturated heterocycles. The summed E-state index contributed by atoms with van der Waals surface area (Å²) in [4.78, 5) is 8.89. The molecule has 4 rings (SSSR count). The van der Waals surface area contributed by atoms with Crippen LogP contribution in [0.3, 0.4) is 0 Å². The third-order valence-electron chi connectivity index (χ3n) is 4.21. The molecule has 0 spiro atoms. The molecule has 2 aromatic carbocycles. The van der Waals surface area contributed by atoms with Crippen LogP contribution in [0.25, 0.3) is 11.3 Å². The number of anilines is 3. The highest BCUT2D eigenvalue weighted by molar-refractivity contribution is 6.43. The normalized spacial score (nSPS) is 13.8. The number of rotatable bonds is 6. The molecule has 1 aliphatic carbocycles. The average Bonchev–Trinajstić information content (AvgIpc) is 3.48. The van der Waals surface area contributed by atoms with Crippen molar-refractivity contribution in [3.63, 3.8) is 0 Å². The first kappa shape index (κ1) is 20.6. The van der Waals surface area contributed by atoms with Crippen LogP contribution in [0, 0.1) is 0 Å². The minimum atomic E-state index is -4.78. The number of hydrogen-bond acceptors (Lipinski definition) is 5. The molecule has 1 saturated carbocycles. The zero-order valence-electron chi connectivity index (χ0n) is 15.3. The average molecular weight is 455 g/mol. The van der Waals surface area contributed by atoms with Gasteiger partial charge < -0.3 is 15.4 Å². The van der Waals surface area contributed by atoms with E-state index >= 15 is 0 Å². The molecule has 1 fully saturated rings. The summed E-state index contributed by atoms with van der Waals surface area (Å²) in [5, 5.41) is 7.00. The lowest BCUT2D eigenvalue weighted by Crippen LogP contribution is -2.17. The van der Waals surface area contributed by atoms with Crippen LogP contribution in [0.15, 0.2) is 48.5 Å². The van der Waals surface area contributed by atoms with E-state index in [2.05, 4.69) is 25.3 Å². The van der Waals surface area contributed by atoms with E-state index in [1.807, 2.05) is 0 Å². The minimum Gasteiger partial charge on any atom is -0.406 e. The van der Waals surface area contributed by atoms with E-state index in [4.69, 9.17) is 23.2 Å². The first-order valence-corrected chi connectivity index (χ1v) is 9.75. The van der Waals surface area contributed by atoms with Crippen LogP contribution in [0.4, 0.5) is 30.6 Å². The Balaban J connectivity index is 1.70. The Labute approximate surface area is 180 Å². The fourth-order valence-corrected chi connectivity index (χ4v) is 3.07. The van der Waals surface area contributed by atoms with Crippen LogP contribution in [-0.2, 0) is 0 Å². The van der Waals surface area contributed by atoms with Gasteiger partial charge in [-0.05, 0) is 37.1 Å². The van der Waals surface area contributed by atoms with E-state index in [-0.39, 0.29) is 11.8 Å². The first-order chi connectivity index (χ1) is 14.3. The molecule has 3 aromatic rings. The van der Waals surface area contributed by atoms with Crippen LogP contribution >= 0.6 is 23.2 Å². The number of benzene rings is 2. The molecule has 156 valence electrons. The maximum absolute atomic E-state index is 12.6. The van der Waals surface area contributed by atoms with Crippen molar-refractivity contribution >= 4 is 40.7 Å². The summed E-state index contributed by atoms with van der Waals surface area (Å²) in [5.74, 6) is 0.440. The summed E-state index contributed by atoms with van der Waals surface area (Å²) in [7, 11) is 0. The minimum absolute atomic E-state index is 0.280. The summed E-state index contributed by atoms with van der Waals surface area (Å²) < 4.78 is 41.7. The summed E-state index contributed by atoms with van der Waals surface area (Å²) >= 11 is 12.3. The second-order valence-corrected chi connectivity index (χ2v) is 7.47. The second-order valence-electron chi connectivity index (χ2n) is 6.68. The molecule has 1 heterocycles. The van der Waals surface area contributed by atoms with Gasteiger partial charge in [0.05, 0.1) is 21.4 Å². The fraction of sp³-hybridized carbons (Fsp3) is 0.200. The zero-order chi connectivity index (χ0) is 21.3. The van der Waals surface area contributed by atoms with Gasteiger partial charge in [0.15, 0.2) is 0 Å². The van der Waals surface area contributed by atoms with Crippen LogP contribution < -0.4 is 15.4 Å². The van der Waals surface area contributed by atoms with Gasteiger partial charge in [0.1, 0.15) is 11.6 Å². The number of aromatic nitrogens is 2. The van der Waals surface area contributed by atoms with Gasteiger partial charge in [-0.3, -0.25) is 0 Å². The maximum Gasteiger partial charge on any atom is 0.573 e. The number of halogens is 5. The number of nitrogens with one attached hydrogen (secondary N) is 2. The fourth-order valence-electron chi connectivity index (χ4n) is 2.72. The SMILES string of the molecule is FC(F)(F)Oc1cccc(-c2cc(Nc3cccc(Cl)c3Cl)nc(NC3CC3)n2)c1. The van der Waals surface area contributed by atoms with Gasteiger partial charge in [0, 0.05) is 17.7 Å². The molecule has 0 amide bonds. The predicted molar refractivity (Wildman–Crippen MR) is 111 cm³/mol. The van der Waals surface area contributed by atoms with Crippen molar-refractivity contribution in [2.75, 3.05) is 10.6 Å². The van der Waals surface area contributed by atoms with E-state index in [0.29, 0.717) is 38.8 Å². The van der Waals surface area contributed by atoms with Gasteiger partial charge in [-0.15, -0.1) is 13.2 Å². The number of alkyl halides is 3. The Morgan fingerprint density at radius 2 is 1.77 bits per heavy atom. The Morgan fingerprint density at radius 1 is 1.00 bits per heavy atom. The molecule has 1 aromatic heterocycles. The van der Waals surface area contributed by atoms with Crippen molar-refractivity contribution < 1.29 is 17.9 Å². The van der Waals surface area contributed by atoms with E-state index in [0.717, 1.165) is 12.8 Å². The molecule has 2 N–H and O–H groups in total. The van der Waals surface area contributed by atoms with Crippen LogP contribution in [-0.4, -0.2) is 22.4 Å². The molecule has 30 heavy (non-hydrogen) atoms. The molecular formula is C20H15Cl2F3N4O. The standard InChI is InChI=1S/C20H15Cl2F3N4O/c21-14-5-2-6-15(18(14)22)27-17-10-16(28-19(29-17)26-12-7-8-12)11-3-1-4-13(9-11)30-20(23,24)25/h1-6,9-10,12H,7-8H2,(H2,26,27,28,29).